The van der Waals surface area contributed by atoms with Crippen LogP contribution in [0.4, 0.5) is 10.5 Å². The fourth-order valence-corrected chi connectivity index (χ4v) is 5.43. The Balaban J connectivity index is 1.47. The number of amides is 2. The Hall–Kier alpha value is -3.60. The summed E-state index contributed by atoms with van der Waals surface area (Å²) in [6, 6.07) is 4.73. The Morgan fingerprint density at radius 3 is 2.27 bits per heavy atom. The molecule has 0 saturated heterocycles. The van der Waals surface area contributed by atoms with E-state index in [9.17, 15) is 14.4 Å². The highest BCUT2D eigenvalue weighted by molar-refractivity contribution is 6.34. The van der Waals surface area contributed by atoms with Crippen molar-refractivity contribution in [3.05, 3.63) is 28.9 Å². The van der Waals surface area contributed by atoms with E-state index in [2.05, 4.69) is 32.7 Å². The highest BCUT2D eigenvalue weighted by Crippen LogP contribution is 2.35. The second kappa shape index (κ2) is 17.2. The van der Waals surface area contributed by atoms with Crippen molar-refractivity contribution in [2.45, 2.75) is 124 Å². The molecule has 3 N–H and O–H groups in total. The summed E-state index contributed by atoms with van der Waals surface area (Å²) in [5.41, 5.74) is 1.76. The molecule has 0 fully saturated rings. The first-order chi connectivity index (χ1) is 21.4. The number of unbranched alkanes of at least 4 members (excludes halogenated alkanes) is 9. The van der Waals surface area contributed by atoms with Crippen LogP contribution in [0.2, 0.25) is 5.02 Å². The third kappa shape index (κ3) is 11.4. The first-order valence-electron chi connectivity index (χ1n) is 16.1. The molecule has 0 radical (unpaired) electrons. The quantitative estimate of drug-likeness (QED) is 0.0769. The van der Waals surface area contributed by atoms with Crippen molar-refractivity contribution in [3.63, 3.8) is 0 Å². The molecule has 0 saturated carbocycles. The monoisotopic (exact) mass is 644 g/mol. The number of hydrogen-bond donors (Lipinski definition) is 3. The third-order valence-electron chi connectivity index (χ3n) is 7.35. The SMILES string of the molecule is CCCCCCCCCCCCNC(=O)CC(C)OC(=O)Nc1ccc(-c2nc3c(Cl)c(C(C)(C)C)[nH]n3n2)c(OC(C)=O)c1. The van der Waals surface area contributed by atoms with Gasteiger partial charge in [-0.2, -0.15) is 4.63 Å². The molecule has 3 aromatic rings. The van der Waals surface area contributed by atoms with E-state index in [1.165, 1.54) is 69.0 Å². The lowest BCUT2D eigenvalue weighted by molar-refractivity contribution is -0.131. The van der Waals surface area contributed by atoms with Crippen LogP contribution in [-0.4, -0.2) is 50.4 Å². The van der Waals surface area contributed by atoms with Gasteiger partial charge in [0.15, 0.2) is 11.5 Å². The molecule has 1 aromatic carbocycles. The molecule has 1 atom stereocenters. The largest absolute Gasteiger partial charge is 0.446 e. The Kier molecular flexibility index (Phi) is 13.7. The van der Waals surface area contributed by atoms with Gasteiger partial charge in [0.05, 0.1) is 17.7 Å². The zero-order valence-electron chi connectivity index (χ0n) is 27.6. The van der Waals surface area contributed by atoms with Crippen molar-refractivity contribution in [1.82, 2.24) is 25.1 Å². The van der Waals surface area contributed by atoms with E-state index in [0.717, 1.165) is 18.5 Å². The van der Waals surface area contributed by atoms with Crippen molar-refractivity contribution in [2.24, 2.45) is 0 Å². The summed E-state index contributed by atoms with van der Waals surface area (Å²) in [4.78, 5) is 41.3. The average molecular weight is 645 g/mol. The minimum absolute atomic E-state index is 0.0570. The van der Waals surface area contributed by atoms with Gasteiger partial charge < -0.3 is 14.8 Å². The number of carbonyl (C=O) groups excluding carboxylic acids is 3. The van der Waals surface area contributed by atoms with Crippen LogP contribution >= 0.6 is 11.6 Å². The molecule has 2 amide bonds. The Labute approximate surface area is 271 Å². The van der Waals surface area contributed by atoms with Gasteiger partial charge in [0, 0.05) is 30.6 Å². The third-order valence-corrected chi connectivity index (χ3v) is 7.70. The lowest BCUT2D eigenvalue weighted by Gasteiger charge is -2.16. The van der Waals surface area contributed by atoms with Gasteiger partial charge in [-0.05, 0) is 25.5 Å². The first kappa shape index (κ1) is 35.9. The predicted octanol–water partition coefficient (Wildman–Crippen LogP) is 7.96. The van der Waals surface area contributed by atoms with E-state index in [0.29, 0.717) is 28.5 Å². The molecule has 12 heteroatoms. The molecule has 0 aliphatic rings. The number of nitrogens with zero attached hydrogens (tertiary/aromatic N) is 3. The summed E-state index contributed by atoms with van der Waals surface area (Å²) in [5, 5.41) is 13.6. The molecular weight excluding hydrogens is 596 g/mol. The highest BCUT2D eigenvalue weighted by atomic mass is 35.5. The van der Waals surface area contributed by atoms with Gasteiger partial charge in [0.25, 0.3) is 0 Å². The van der Waals surface area contributed by atoms with Crippen molar-refractivity contribution >= 4 is 40.9 Å². The summed E-state index contributed by atoms with van der Waals surface area (Å²) in [7, 11) is 0. The molecule has 0 aliphatic carbocycles. The number of esters is 1. The second-order valence-corrected chi connectivity index (χ2v) is 13.0. The fraction of sp³-hybridized carbons (Fsp3) is 0.606. The highest BCUT2D eigenvalue weighted by Gasteiger charge is 2.25. The Morgan fingerprint density at radius 2 is 1.67 bits per heavy atom. The van der Waals surface area contributed by atoms with Gasteiger partial charge in [-0.25, -0.2) is 9.78 Å². The number of nitrogens with one attached hydrogen (secondary N) is 3. The minimum Gasteiger partial charge on any atom is -0.446 e. The number of carbonyl (C=O) groups is 3. The minimum atomic E-state index is -0.735. The second-order valence-electron chi connectivity index (χ2n) is 12.6. The van der Waals surface area contributed by atoms with Crippen molar-refractivity contribution < 1.29 is 23.9 Å². The molecule has 11 nitrogen and oxygen atoms in total. The molecule has 0 bridgehead atoms. The standard InChI is InChI=1S/C33H49ClN6O5/c1-7-8-9-10-11-12-13-14-15-16-19-35-27(42)20-22(2)44-32(43)36-24-17-18-25(26(21-24)45-23(3)41)30-37-31-28(34)29(33(4,5)6)38-40(31)39-30/h17-18,21-22,38H,7-16,19-20H2,1-6H3,(H,35,42)(H,36,43). The van der Waals surface area contributed by atoms with Crippen LogP contribution in [0.15, 0.2) is 18.2 Å². The van der Waals surface area contributed by atoms with Gasteiger partial charge in [-0.3, -0.25) is 20.0 Å². The van der Waals surface area contributed by atoms with E-state index in [1.807, 2.05) is 20.8 Å². The maximum Gasteiger partial charge on any atom is 0.411 e. The number of anilines is 1. The number of aromatic amines is 1. The van der Waals surface area contributed by atoms with Crippen LogP contribution in [0.3, 0.4) is 0 Å². The normalized spacial score (nSPS) is 12.2. The van der Waals surface area contributed by atoms with Crippen molar-refractivity contribution in [1.29, 1.82) is 0 Å². The van der Waals surface area contributed by atoms with Gasteiger partial charge in [-0.15, -0.1) is 5.10 Å². The summed E-state index contributed by atoms with van der Waals surface area (Å²) in [6.45, 7) is 11.9. The number of halogens is 1. The number of H-pyrrole nitrogens is 1. The summed E-state index contributed by atoms with van der Waals surface area (Å²) < 4.78 is 12.3. The summed E-state index contributed by atoms with van der Waals surface area (Å²) in [5.74, 6) is -0.274. The number of fused-ring (bicyclic) bond motifs is 1. The number of aromatic nitrogens is 4. The van der Waals surface area contributed by atoms with Crippen LogP contribution in [0.5, 0.6) is 5.75 Å². The Bertz CT molecular complexity index is 1430. The van der Waals surface area contributed by atoms with Crippen LogP contribution in [0.1, 0.15) is 118 Å². The smallest absolute Gasteiger partial charge is 0.411 e. The zero-order valence-corrected chi connectivity index (χ0v) is 28.3. The molecule has 45 heavy (non-hydrogen) atoms. The number of rotatable bonds is 17. The van der Waals surface area contributed by atoms with Crippen LogP contribution in [0, 0.1) is 0 Å². The fourth-order valence-electron chi connectivity index (χ4n) is 4.98. The molecule has 248 valence electrons. The molecule has 0 aliphatic heterocycles. The van der Waals surface area contributed by atoms with Gasteiger partial charge in [-0.1, -0.05) is 97.1 Å². The molecule has 2 aromatic heterocycles. The van der Waals surface area contributed by atoms with E-state index < -0.39 is 18.2 Å². The maximum atomic E-state index is 12.6. The lowest BCUT2D eigenvalue weighted by Crippen LogP contribution is -2.30. The number of hydrogen-bond acceptors (Lipinski definition) is 7. The molecule has 1 unspecified atom stereocenters. The lowest BCUT2D eigenvalue weighted by atomic mass is 9.92. The maximum absolute atomic E-state index is 12.6. The van der Waals surface area contributed by atoms with Crippen LogP contribution in [0.25, 0.3) is 17.0 Å². The van der Waals surface area contributed by atoms with Gasteiger partial charge >= 0.3 is 12.1 Å². The summed E-state index contributed by atoms with van der Waals surface area (Å²) >= 11 is 6.56. The Morgan fingerprint density at radius 1 is 1.02 bits per heavy atom. The molecule has 0 spiro atoms. The first-order valence-corrected chi connectivity index (χ1v) is 16.5. The van der Waals surface area contributed by atoms with Crippen LogP contribution < -0.4 is 15.4 Å². The molecular formula is C33H49ClN6O5. The van der Waals surface area contributed by atoms with Gasteiger partial charge in [0.1, 0.15) is 16.9 Å². The predicted molar refractivity (Wildman–Crippen MR) is 177 cm³/mol. The number of benzene rings is 1. The van der Waals surface area contributed by atoms with E-state index in [1.54, 1.807) is 19.1 Å². The van der Waals surface area contributed by atoms with Crippen LogP contribution in [-0.2, 0) is 19.7 Å². The van der Waals surface area contributed by atoms with Crippen molar-refractivity contribution in [2.75, 3.05) is 11.9 Å². The van der Waals surface area contributed by atoms with Crippen molar-refractivity contribution in [3.8, 4) is 17.1 Å². The van der Waals surface area contributed by atoms with E-state index in [4.69, 9.17) is 21.1 Å². The number of ether oxygens (including phenoxy) is 2. The molecule has 3 rings (SSSR count). The zero-order chi connectivity index (χ0) is 33.0. The average Bonchev–Trinajstić information content (AvgIpc) is 3.50. The van der Waals surface area contributed by atoms with E-state index in [-0.39, 0.29) is 29.3 Å². The topological polar surface area (TPSA) is 140 Å². The summed E-state index contributed by atoms with van der Waals surface area (Å²) in [6.07, 6.45) is 11.0. The van der Waals surface area contributed by atoms with Gasteiger partial charge in [0.2, 0.25) is 5.91 Å². The molecule has 2 heterocycles. The van der Waals surface area contributed by atoms with E-state index >= 15 is 0 Å².